The number of anilines is 1. The highest BCUT2D eigenvalue weighted by molar-refractivity contribution is 7.09. The largest absolute Gasteiger partial charge is 0.359 e. The van der Waals surface area contributed by atoms with E-state index >= 15 is 0 Å². The van der Waals surface area contributed by atoms with Crippen LogP contribution in [0.15, 0.2) is 17.5 Å². The van der Waals surface area contributed by atoms with Crippen LogP contribution in [0, 0.1) is 0 Å². The minimum atomic E-state index is -0.282. The SMILES string of the molecule is C[C@@H](NC(=O)c1ccc2c(n1)N(C)CC2)c1nc(C(=O)N2CCCC2)cs1. The average Bonchev–Trinajstić information content (AvgIpc) is 3.42. The van der Waals surface area contributed by atoms with Gasteiger partial charge in [0.15, 0.2) is 0 Å². The zero-order valence-electron chi connectivity index (χ0n) is 15.6. The van der Waals surface area contributed by atoms with E-state index in [0.29, 0.717) is 11.4 Å². The number of nitrogens with zero attached hydrogens (tertiary/aromatic N) is 4. The lowest BCUT2D eigenvalue weighted by Crippen LogP contribution is -2.29. The molecule has 8 heteroatoms. The van der Waals surface area contributed by atoms with Crippen LogP contribution in [0.2, 0.25) is 0 Å². The summed E-state index contributed by atoms with van der Waals surface area (Å²) < 4.78 is 0. The van der Waals surface area contributed by atoms with Gasteiger partial charge in [-0.2, -0.15) is 0 Å². The number of fused-ring (bicyclic) bond motifs is 1. The second kappa shape index (κ2) is 7.26. The molecule has 0 aromatic carbocycles. The Hall–Kier alpha value is -2.48. The van der Waals surface area contributed by atoms with Gasteiger partial charge in [-0.05, 0) is 37.8 Å². The van der Waals surface area contributed by atoms with Crippen LogP contribution in [0.25, 0.3) is 0 Å². The molecule has 1 saturated heterocycles. The van der Waals surface area contributed by atoms with Crippen LogP contribution in [-0.2, 0) is 6.42 Å². The molecular formula is C19H23N5O2S. The number of carbonyl (C=O) groups excluding carboxylic acids is 2. The lowest BCUT2D eigenvalue weighted by molar-refractivity contribution is 0.0787. The van der Waals surface area contributed by atoms with Crippen molar-refractivity contribution >= 4 is 29.0 Å². The third-order valence-corrected chi connectivity index (χ3v) is 6.15. The van der Waals surface area contributed by atoms with Crippen LogP contribution in [0.5, 0.6) is 0 Å². The zero-order valence-corrected chi connectivity index (χ0v) is 16.4. The van der Waals surface area contributed by atoms with Crippen LogP contribution in [0.4, 0.5) is 5.82 Å². The van der Waals surface area contributed by atoms with Gasteiger partial charge >= 0.3 is 0 Å². The number of nitrogens with one attached hydrogen (secondary N) is 1. The van der Waals surface area contributed by atoms with E-state index in [9.17, 15) is 9.59 Å². The maximum atomic E-state index is 12.6. The van der Waals surface area contributed by atoms with Crippen molar-refractivity contribution in [2.24, 2.45) is 0 Å². The number of hydrogen-bond acceptors (Lipinski definition) is 6. The van der Waals surface area contributed by atoms with Gasteiger partial charge in [-0.1, -0.05) is 6.07 Å². The fraction of sp³-hybridized carbons (Fsp3) is 0.474. The average molecular weight is 385 g/mol. The summed E-state index contributed by atoms with van der Waals surface area (Å²) in [5, 5.41) is 5.45. The van der Waals surface area contributed by atoms with Crippen LogP contribution in [0.3, 0.4) is 0 Å². The Morgan fingerprint density at radius 1 is 1.15 bits per heavy atom. The molecule has 1 N–H and O–H groups in total. The second-order valence-electron chi connectivity index (χ2n) is 7.12. The van der Waals surface area contributed by atoms with Crippen molar-refractivity contribution in [1.82, 2.24) is 20.2 Å². The van der Waals surface area contributed by atoms with Gasteiger partial charge in [0, 0.05) is 32.1 Å². The van der Waals surface area contributed by atoms with Crippen LogP contribution in [-0.4, -0.2) is 53.4 Å². The van der Waals surface area contributed by atoms with E-state index in [4.69, 9.17) is 0 Å². The molecule has 1 fully saturated rings. The van der Waals surface area contributed by atoms with Gasteiger partial charge in [-0.25, -0.2) is 9.97 Å². The predicted molar refractivity (Wildman–Crippen MR) is 104 cm³/mol. The van der Waals surface area contributed by atoms with Crippen molar-refractivity contribution in [3.05, 3.63) is 39.5 Å². The molecule has 142 valence electrons. The fourth-order valence-corrected chi connectivity index (χ4v) is 4.32. The molecule has 2 aromatic heterocycles. The standard InChI is InChI=1S/C19H23N5O2S/c1-12(18-22-15(11-27-18)19(26)24-8-3-4-9-24)20-17(25)14-6-5-13-7-10-23(2)16(13)21-14/h5-6,11-12H,3-4,7-10H2,1-2H3,(H,20,25)/t12-/m1/s1. The van der Waals surface area contributed by atoms with Crippen molar-refractivity contribution in [1.29, 1.82) is 0 Å². The minimum Gasteiger partial charge on any atom is -0.359 e. The monoisotopic (exact) mass is 385 g/mol. The number of pyridine rings is 1. The molecule has 0 unspecified atom stereocenters. The summed E-state index contributed by atoms with van der Waals surface area (Å²) in [6.07, 6.45) is 3.07. The quantitative estimate of drug-likeness (QED) is 0.873. The highest BCUT2D eigenvalue weighted by Gasteiger charge is 2.24. The molecule has 2 aliphatic rings. The Kier molecular flexibility index (Phi) is 4.82. The highest BCUT2D eigenvalue weighted by Crippen LogP contribution is 2.25. The molecule has 0 bridgehead atoms. The normalized spacial score (nSPS) is 17.1. The number of likely N-dealkylation sites (tertiary alicyclic amines) is 1. The number of thiazole rings is 1. The zero-order chi connectivity index (χ0) is 19.0. The summed E-state index contributed by atoms with van der Waals surface area (Å²) in [5.74, 6) is 0.633. The first-order chi connectivity index (χ1) is 13.0. The van der Waals surface area contributed by atoms with Crippen LogP contribution >= 0.6 is 11.3 Å². The van der Waals surface area contributed by atoms with E-state index in [0.717, 1.165) is 49.7 Å². The Balaban J connectivity index is 1.43. The third-order valence-electron chi connectivity index (χ3n) is 5.12. The molecule has 2 aliphatic heterocycles. The first-order valence-electron chi connectivity index (χ1n) is 9.29. The summed E-state index contributed by atoms with van der Waals surface area (Å²) in [7, 11) is 1.98. The van der Waals surface area contributed by atoms with Gasteiger partial charge in [-0.15, -0.1) is 11.3 Å². The van der Waals surface area contributed by atoms with E-state index in [-0.39, 0.29) is 17.9 Å². The molecule has 0 aliphatic carbocycles. The maximum absolute atomic E-state index is 12.6. The molecule has 2 aromatic rings. The van der Waals surface area contributed by atoms with Crippen molar-refractivity contribution in [2.45, 2.75) is 32.2 Å². The number of rotatable bonds is 4. The Labute approximate surface area is 162 Å². The second-order valence-corrected chi connectivity index (χ2v) is 8.01. The van der Waals surface area contributed by atoms with Crippen LogP contribution < -0.4 is 10.2 Å². The van der Waals surface area contributed by atoms with Crippen molar-refractivity contribution in [3.63, 3.8) is 0 Å². The van der Waals surface area contributed by atoms with Gasteiger partial charge in [0.1, 0.15) is 22.2 Å². The number of amides is 2. The first kappa shape index (κ1) is 17.9. The summed E-state index contributed by atoms with van der Waals surface area (Å²) in [4.78, 5) is 37.9. The summed E-state index contributed by atoms with van der Waals surface area (Å²) in [6, 6.07) is 3.46. The molecule has 1 atom stereocenters. The number of likely N-dealkylation sites (N-methyl/N-ethyl adjacent to an activating group) is 1. The molecule has 4 heterocycles. The summed E-state index contributed by atoms with van der Waals surface area (Å²) >= 11 is 1.40. The predicted octanol–water partition coefficient (Wildman–Crippen LogP) is 2.26. The Morgan fingerprint density at radius 3 is 2.70 bits per heavy atom. The number of carbonyl (C=O) groups is 2. The van der Waals surface area contributed by atoms with Gasteiger partial charge in [-0.3, -0.25) is 9.59 Å². The van der Waals surface area contributed by atoms with E-state index in [2.05, 4.69) is 20.2 Å². The smallest absolute Gasteiger partial charge is 0.273 e. The molecule has 0 spiro atoms. The van der Waals surface area contributed by atoms with Gasteiger partial charge in [0.2, 0.25) is 0 Å². The van der Waals surface area contributed by atoms with E-state index < -0.39 is 0 Å². The minimum absolute atomic E-state index is 0.0168. The van der Waals surface area contributed by atoms with Crippen molar-refractivity contribution in [3.8, 4) is 0 Å². The summed E-state index contributed by atoms with van der Waals surface area (Å²) in [5.41, 5.74) is 2.04. The molecule has 7 nitrogen and oxygen atoms in total. The third kappa shape index (κ3) is 3.53. The first-order valence-corrected chi connectivity index (χ1v) is 10.2. The molecule has 27 heavy (non-hydrogen) atoms. The van der Waals surface area contributed by atoms with Crippen molar-refractivity contribution in [2.75, 3.05) is 31.6 Å². The topological polar surface area (TPSA) is 78.4 Å². The lowest BCUT2D eigenvalue weighted by Gasteiger charge is -2.14. The van der Waals surface area contributed by atoms with E-state index in [1.807, 2.05) is 24.9 Å². The fourth-order valence-electron chi connectivity index (χ4n) is 3.52. The molecule has 2 amide bonds. The van der Waals surface area contributed by atoms with E-state index in [1.54, 1.807) is 11.4 Å². The van der Waals surface area contributed by atoms with Crippen LogP contribution in [0.1, 0.15) is 57.4 Å². The lowest BCUT2D eigenvalue weighted by atomic mass is 10.2. The molecular weight excluding hydrogens is 362 g/mol. The maximum Gasteiger partial charge on any atom is 0.273 e. The Bertz CT molecular complexity index is 875. The van der Waals surface area contributed by atoms with Gasteiger partial charge in [0.25, 0.3) is 11.8 Å². The van der Waals surface area contributed by atoms with Gasteiger partial charge in [0.05, 0.1) is 6.04 Å². The van der Waals surface area contributed by atoms with Gasteiger partial charge < -0.3 is 15.1 Å². The number of hydrogen-bond donors (Lipinski definition) is 1. The molecule has 0 radical (unpaired) electrons. The van der Waals surface area contributed by atoms with E-state index in [1.165, 1.54) is 16.9 Å². The highest BCUT2D eigenvalue weighted by atomic mass is 32.1. The van der Waals surface area contributed by atoms with Crippen molar-refractivity contribution < 1.29 is 9.59 Å². The number of aromatic nitrogens is 2. The molecule has 0 saturated carbocycles. The molecule has 4 rings (SSSR count). The Morgan fingerprint density at radius 2 is 1.93 bits per heavy atom. The summed E-state index contributed by atoms with van der Waals surface area (Å²) in [6.45, 7) is 4.41.